The number of hydrogen-bond donors (Lipinski definition) is 1. The van der Waals surface area contributed by atoms with E-state index in [1.165, 1.54) is 37.1 Å². The molecule has 1 fully saturated rings. The van der Waals surface area contributed by atoms with Crippen LogP contribution >= 0.6 is 0 Å². The first-order valence-corrected chi connectivity index (χ1v) is 8.82. The first kappa shape index (κ1) is 17.8. The quantitative estimate of drug-likeness (QED) is 0.669. The Hall–Kier alpha value is -1.55. The van der Waals surface area contributed by atoms with Crippen molar-refractivity contribution in [3.63, 3.8) is 0 Å². The Morgan fingerprint density at radius 3 is 2.74 bits per heavy atom. The number of aliphatic imine (C=N–C) groups is 1. The lowest BCUT2D eigenvalue weighted by atomic mass is 9.99. The fraction of sp³-hybridized carbons (Fsp3) is 0.632. The highest BCUT2D eigenvalue weighted by Gasteiger charge is 2.17. The van der Waals surface area contributed by atoms with Crippen LogP contribution in [-0.4, -0.2) is 56.0 Å². The molecule has 1 N–H and O–H groups in total. The number of likely N-dealkylation sites (tertiary alicyclic amines) is 1. The summed E-state index contributed by atoms with van der Waals surface area (Å²) in [7, 11) is 4.33. The topological polar surface area (TPSA) is 30.9 Å². The summed E-state index contributed by atoms with van der Waals surface area (Å²) in [6.07, 6.45) is 2.60. The van der Waals surface area contributed by atoms with Crippen LogP contribution in [0, 0.1) is 12.8 Å². The van der Waals surface area contributed by atoms with Crippen molar-refractivity contribution in [2.24, 2.45) is 10.9 Å². The van der Waals surface area contributed by atoms with Crippen LogP contribution in [-0.2, 0) is 6.54 Å². The zero-order valence-corrected chi connectivity index (χ0v) is 15.2. The summed E-state index contributed by atoms with van der Waals surface area (Å²) in [6, 6.07) is 8.74. The molecule has 128 valence electrons. The number of guanidine groups is 1. The summed E-state index contributed by atoms with van der Waals surface area (Å²) in [5.74, 6) is 1.71. The lowest BCUT2D eigenvalue weighted by Crippen LogP contribution is -2.39. The molecule has 1 saturated heterocycles. The maximum absolute atomic E-state index is 4.89. The summed E-state index contributed by atoms with van der Waals surface area (Å²) < 4.78 is 0. The van der Waals surface area contributed by atoms with E-state index in [0.29, 0.717) is 5.92 Å². The molecule has 0 bridgehead atoms. The van der Waals surface area contributed by atoms with E-state index >= 15 is 0 Å². The SMILES string of the molecule is CCNC(=NCC1CCCN(C)C1)N(C)Cc1ccc(C)cc1. The standard InChI is InChI=1S/C19H32N4/c1-5-20-19(21-13-18-7-6-12-22(3)14-18)23(4)15-17-10-8-16(2)9-11-17/h8-11,18H,5-7,12-15H2,1-4H3,(H,20,21). The highest BCUT2D eigenvalue weighted by Crippen LogP contribution is 2.15. The molecule has 1 aliphatic heterocycles. The van der Waals surface area contributed by atoms with Crippen LogP contribution < -0.4 is 5.32 Å². The molecule has 4 nitrogen and oxygen atoms in total. The van der Waals surface area contributed by atoms with Crippen LogP contribution in [0.5, 0.6) is 0 Å². The second-order valence-corrected chi connectivity index (χ2v) is 6.81. The van der Waals surface area contributed by atoms with Gasteiger partial charge in [-0.3, -0.25) is 4.99 Å². The molecular weight excluding hydrogens is 284 g/mol. The van der Waals surface area contributed by atoms with Gasteiger partial charge in [0, 0.05) is 33.2 Å². The zero-order valence-electron chi connectivity index (χ0n) is 15.2. The predicted molar refractivity (Wildman–Crippen MR) is 98.8 cm³/mol. The highest BCUT2D eigenvalue weighted by atomic mass is 15.3. The van der Waals surface area contributed by atoms with E-state index in [0.717, 1.165) is 25.6 Å². The molecule has 0 saturated carbocycles. The highest BCUT2D eigenvalue weighted by molar-refractivity contribution is 5.79. The molecular formula is C19H32N4. The summed E-state index contributed by atoms with van der Waals surface area (Å²) in [5, 5.41) is 3.43. The first-order valence-electron chi connectivity index (χ1n) is 8.82. The summed E-state index contributed by atoms with van der Waals surface area (Å²) in [5.41, 5.74) is 2.62. The Morgan fingerprint density at radius 2 is 2.09 bits per heavy atom. The van der Waals surface area contributed by atoms with Gasteiger partial charge in [0.25, 0.3) is 0 Å². The minimum Gasteiger partial charge on any atom is -0.357 e. The molecule has 2 rings (SSSR count). The Labute approximate surface area is 141 Å². The lowest BCUT2D eigenvalue weighted by Gasteiger charge is -2.29. The second-order valence-electron chi connectivity index (χ2n) is 6.81. The Bertz CT molecular complexity index is 495. The predicted octanol–water partition coefficient (Wildman–Crippen LogP) is 2.73. The van der Waals surface area contributed by atoms with Crippen molar-refractivity contribution in [3.05, 3.63) is 35.4 Å². The van der Waals surface area contributed by atoms with Gasteiger partial charge in [-0.05, 0) is 51.8 Å². The van der Waals surface area contributed by atoms with Crippen LogP contribution in [0.1, 0.15) is 30.9 Å². The molecule has 0 aromatic heterocycles. The lowest BCUT2D eigenvalue weighted by molar-refractivity contribution is 0.214. The molecule has 1 aromatic rings. The van der Waals surface area contributed by atoms with Gasteiger partial charge < -0.3 is 15.1 Å². The normalized spacial score (nSPS) is 19.7. The van der Waals surface area contributed by atoms with Crippen molar-refractivity contribution in [3.8, 4) is 0 Å². The molecule has 1 aliphatic rings. The zero-order chi connectivity index (χ0) is 16.7. The Morgan fingerprint density at radius 1 is 1.35 bits per heavy atom. The van der Waals surface area contributed by atoms with Crippen LogP contribution in [0.3, 0.4) is 0 Å². The maximum atomic E-state index is 4.89. The van der Waals surface area contributed by atoms with E-state index in [2.05, 4.69) is 67.3 Å². The number of nitrogens with zero attached hydrogens (tertiary/aromatic N) is 3. The van der Waals surface area contributed by atoms with Crippen molar-refractivity contribution in [2.45, 2.75) is 33.2 Å². The van der Waals surface area contributed by atoms with Crippen molar-refractivity contribution < 1.29 is 0 Å². The van der Waals surface area contributed by atoms with Crippen LogP contribution in [0.15, 0.2) is 29.3 Å². The average molecular weight is 316 g/mol. The molecule has 1 aromatic carbocycles. The van der Waals surface area contributed by atoms with Gasteiger partial charge >= 0.3 is 0 Å². The van der Waals surface area contributed by atoms with E-state index in [9.17, 15) is 0 Å². The largest absolute Gasteiger partial charge is 0.357 e. The number of rotatable bonds is 5. The fourth-order valence-corrected chi connectivity index (χ4v) is 3.15. The van der Waals surface area contributed by atoms with Gasteiger partial charge in [0.15, 0.2) is 5.96 Å². The molecule has 0 amide bonds. The third-order valence-corrected chi connectivity index (χ3v) is 4.46. The monoisotopic (exact) mass is 316 g/mol. The van der Waals surface area contributed by atoms with Gasteiger partial charge in [-0.25, -0.2) is 0 Å². The Balaban J connectivity index is 1.95. The third kappa shape index (κ3) is 5.87. The fourth-order valence-electron chi connectivity index (χ4n) is 3.15. The smallest absolute Gasteiger partial charge is 0.193 e. The molecule has 1 unspecified atom stereocenters. The first-order chi connectivity index (χ1) is 11.1. The molecule has 0 aliphatic carbocycles. The van der Waals surface area contributed by atoms with E-state index in [-0.39, 0.29) is 0 Å². The minimum atomic E-state index is 0.690. The van der Waals surface area contributed by atoms with Crippen LogP contribution in [0.25, 0.3) is 0 Å². The summed E-state index contributed by atoms with van der Waals surface area (Å²) in [6.45, 7) is 9.37. The van der Waals surface area contributed by atoms with E-state index in [1.807, 2.05) is 0 Å². The number of nitrogens with one attached hydrogen (secondary N) is 1. The van der Waals surface area contributed by atoms with Gasteiger partial charge in [-0.2, -0.15) is 0 Å². The molecule has 4 heteroatoms. The van der Waals surface area contributed by atoms with E-state index in [1.54, 1.807) is 0 Å². The Kier molecular flexibility index (Phi) is 6.90. The third-order valence-electron chi connectivity index (χ3n) is 4.46. The van der Waals surface area contributed by atoms with Crippen molar-refractivity contribution in [2.75, 3.05) is 40.3 Å². The summed E-state index contributed by atoms with van der Waals surface area (Å²) >= 11 is 0. The van der Waals surface area contributed by atoms with Gasteiger partial charge in [0.2, 0.25) is 0 Å². The molecule has 0 spiro atoms. The number of hydrogen-bond acceptors (Lipinski definition) is 2. The molecule has 1 atom stereocenters. The minimum absolute atomic E-state index is 0.690. The van der Waals surface area contributed by atoms with Crippen LogP contribution in [0.4, 0.5) is 0 Å². The molecule has 23 heavy (non-hydrogen) atoms. The molecule has 0 radical (unpaired) electrons. The van der Waals surface area contributed by atoms with Gasteiger partial charge in [0.1, 0.15) is 0 Å². The van der Waals surface area contributed by atoms with Gasteiger partial charge in [-0.1, -0.05) is 29.8 Å². The van der Waals surface area contributed by atoms with E-state index in [4.69, 9.17) is 4.99 Å². The average Bonchev–Trinajstić information content (AvgIpc) is 2.53. The number of aryl methyl sites for hydroxylation is 1. The van der Waals surface area contributed by atoms with Crippen molar-refractivity contribution in [1.29, 1.82) is 0 Å². The van der Waals surface area contributed by atoms with Crippen molar-refractivity contribution >= 4 is 5.96 Å². The maximum Gasteiger partial charge on any atom is 0.193 e. The number of piperidine rings is 1. The van der Waals surface area contributed by atoms with E-state index < -0.39 is 0 Å². The second kappa shape index (κ2) is 8.92. The summed E-state index contributed by atoms with van der Waals surface area (Å²) in [4.78, 5) is 9.54. The van der Waals surface area contributed by atoms with Gasteiger partial charge in [0.05, 0.1) is 0 Å². The van der Waals surface area contributed by atoms with Crippen molar-refractivity contribution in [1.82, 2.24) is 15.1 Å². The van der Waals surface area contributed by atoms with Crippen LogP contribution in [0.2, 0.25) is 0 Å². The molecule has 1 heterocycles. The number of benzene rings is 1. The van der Waals surface area contributed by atoms with Gasteiger partial charge in [-0.15, -0.1) is 0 Å².